The Morgan fingerprint density at radius 3 is 0.914 bits per heavy atom. The Morgan fingerprint density at radius 2 is 0.642 bits per heavy atom. The number of anilines is 4. The van der Waals surface area contributed by atoms with Crippen LogP contribution in [0.5, 0.6) is 23.0 Å². The number of nitrogens with one attached hydrogen (secondary N) is 7. The summed E-state index contributed by atoms with van der Waals surface area (Å²) in [4.78, 5) is 109. The fourth-order valence-electron chi connectivity index (χ4n) is 8.42. The molecule has 19 N–H and O–H groups in total. The molecular formula is C56H79N13O12. The summed E-state index contributed by atoms with van der Waals surface area (Å²) in [5.74, 6) is -4.64. The van der Waals surface area contributed by atoms with E-state index in [2.05, 4.69) is 37.2 Å². The monoisotopic (exact) mass is 1130 g/mol. The third-order valence-electron chi connectivity index (χ3n) is 12.9. The van der Waals surface area contributed by atoms with Gasteiger partial charge in [0.05, 0.1) is 56.7 Å². The Balaban J connectivity index is 1.55. The number of benzene rings is 4. The van der Waals surface area contributed by atoms with Crippen molar-refractivity contribution in [1.82, 2.24) is 16.0 Å². The van der Waals surface area contributed by atoms with E-state index in [1.807, 2.05) is 0 Å². The maximum Gasteiger partial charge on any atom is 0.255 e. The molecule has 0 radical (unpaired) electrons. The first-order chi connectivity index (χ1) is 38.9. The van der Waals surface area contributed by atoms with Gasteiger partial charge in [-0.3, -0.25) is 38.4 Å². The highest BCUT2D eigenvalue weighted by Crippen LogP contribution is 2.28. The summed E-state index contributed by atoms with van der Waals surface area (Å²) in [5.41, 5.74) is 35.3. The van der Waals surface area contributed by atoms with E-state index in [1.165, 1.54) is 95.2 Å². The Hall–Kier alpha value is -8.36. The number of carbonyl (C=O) groups excluding carboxylic acids is 8. The first-order valence-electron chi connectivity index (χ1n) is 26.7. The third kappa shape index (κ3) is 20.0. The standard InChI is InChI=1S/C56H79N13O12/c1-78-45-21-17-33(29-37(45)49(62)70)64-54(75)42(14-6-10-26-58)67-51(72)39-31-35(19-23-47(39)80-3)66-56(77)44(16-8-12-28-60)69-52(73)40-32-36(20-24-48(40)81-4)65-55(76)43(15-7-11-27-59)68-50(71)38-30-34(18-22-46(38)79-2)63-53(74)41(61)13-5-9-25-57/h17-24,29-32,41-44H,5-16,25-28,57-61H2,1-4H3,(H2,62,70)(H,63,74)(H,64,75)(H,65,76)(H,66,77)(H,67,72)(H,68,71)(H,69,73)/t41-,42+,43+,44-/m0/s1. The molecule has 0 fully saturated rings. The van der Waals surface area contributed by atoms with Crippen molar-refractivity contribution in [2.75, 3.05) is 75.9 Å². The van der Waals surface area contributed by atoms with Gasteiger partial charge in [0.1, 0.15) is 41.1 Å². The molecule has 0 aliphatic heterocycles. The van der Waals surface area contributed by atoms with Crippen LogP contribution < -0.4 is 90.6 Å². The zero-order valence-corrected chi connectivity index (χ0v) is 46.4. The van der Waals surface area contributed by atoms with E-state index in [0.717, 1.165) is 0 Å². The Bertz CT molecular complexity index is 2800. The lowest BCUT2D eigenvalue weighted by molar-refractivity contribution is -0.118. The number of rotatable bonds is 35. The van der Waals surface area contributed by atoms with Crippen LogP contribution in [0.2, 0.25) is 0 Å². The number of hydrogen-bond donors (Lipinski definition) is 13. The van der Waals surface area contributed by atoms with Gasteiger partial charge in [0.2, 0.25) is 23.6 Å². The van der Waals surface area contributed by atoms with Crippen molar-refractivity contribution in [1.29, 1.82) is 0 Å². The highest BCUT2D eigenvalue weighted by Gasteiger charge is 2.29. The molecule has 0 saturated heterocycles. The van der Waals surface area contributed by atoms with Gasteiger partial charge >= 0.3 is 0 Å². The van der Waals surface area contributed by atoms with Crippen LogP contribution in [0.4, 0.5) is 22.7 Å². The maximum absolute atomic E-state index is 14.2. The number of ether oxygens (including phenoxy) is 4. The molecule has 4 rings (SSSR count). The van der Waals surface area contributed by atoms with Crippen LogP contribution in [-0.2, 0) is 19.2 Å². The minimum Gasteiger partial charge on any atom is -0.496 e. The topological polar surface area (TPSA) is 414 Å². The van der Waals surface area contributed by atoms with E-state index >= 15 is 0 Å². The molecule has 0 saturated carbocycles. The minimum atomic E-state index is -1.17. The van der Waals surface area contributed by atoms with Crippen molar-refractivity contribution in [2.45, 2.75) is 101 Å². The lowest BCUT2D eigenvalue weighted by atomic mass is 10.1. The number of nitrogens with two attached hydrogens (primary N) is 6. The smallest absolute Gasteiger partial charge is 0.255 e. The predicted molar refractivity (Wildman–Crippen MR) is 308 cm³/mol. The zero-order chi connectivity index (χ0) is 59.4. The van der Waals surface area contributed by atoms with Crippen molar-refractivity contribution in [3.8, 4) is 23.0 Å². The van der Waals surface area contributed by atoms with Gasteiger partial charge in [0.25, 0.3) is 23.6 Å². The molecule has 0 aliphatic rings. The molecule has 0 spiro atoms. The quantitative estimate of drug-likeness (QED) is 0.0295. The molecule has 4 atom stereocenters. The molecule has 0 aromatic heterocycles. The SMILES string of the molecule is COc1ccc(NC(=O)[C@@H](CCCCN)NC(=O)c2cc(NC(=O)[C@H](CCCCN)NC(=O)c3cc(NC(=O)[C@@H](CCCCN)NC(=O)c4cc(NC(=O)[C@@H](N)CCCCN)ccc4OC)ccc3OC)ccc2OC)cc1C(N)=O. The number of primary amides is 1. The molecular weight excluding hydrogens is 1050 g/mol. The second kappa shape index (κ2) is 33.9. The van der Waals surface area contributed by atoms with Crippen molar-refractivity contribution in [3.63, 3.8) is 0 Å². The molecule has 81 heavy (non-hydrogen) atoms. The van der Waals surface area contributed by atoms with Crippen LogP contribution in [-0.4, -0.2) is 126 Å². The van der Waals surface area contributed by atoms with Crippen molar-refractivity contribution >= 4 is 70.0 Å². The minimum absolute atomic E-state index is 0.0325. The average molecular weight is 1130 g/mol. The summed E-state index contributed by atoms with van der Waals surface area (Å²) in [6, 6.07) is 13.3. The maximum atomic E-state index is 14.2. The lowest BCUT2D eigenvalue weighted by Gasteiger charge is -2.22. The summed E-state index contributed by atoms with van der Waals surface area (Å²) in [7, 11) is 5.44. The first kappa shape index (κ1) is 65.2. The fraction of sp³-hybridized carbons (Fsp3) is 0.429. The number of methoxy groups -OCH3 is 4. The Labute approximate surface area is 471 Å². The Morgan fingerprint density at radius 1 is 0.383 bits per heavy atom. The van der Waals surface area contributed by atoms with E-state index in [0.29, 0.717) is 84.0 Å². The number of amides is 8. The predicted octanol–water partition coefficient (Wildman–Crippen LogP) is 2.81. The normalized spacial score (nSPS) is 12.3. The van der Waals surface area contributed by atoms with Gasteiger partial charge in [-0.05, 0) is 170 Å². The summed E-state index contributed by atoms with van der Waals surface area (Å²) >= 11 is 0. The fourth-order valence-corrected chi connectivity index (χ4v) is 8.42. The van der Waals surface area contributed by atoms with Gasteiger partial charge in [0.15, 0.2) is 0 Å². The molecule has 0 bridgehead atoms. The molecule has 25 nitrogen and oxygen atoms in total. The van der Waals surface area contributed by atoms with Crippen LogP contribution in [0, 0.1) is 0 Å². The second-order valence-electron chi connectivity index (χ2n) is 18.8. The van der Waals surface area contributed by atoms with Gasteiger partial charge < -0.3 is 90.6 Å². The van der Waals surface area contributed by atoms with E-state index in [-0.39, 0.29) is 87.3 Å². The molecule has 0 heterocycles. The van der Waals surface area contributed by atoms with Crippen molar-refractivity contribution < 1.29 is 57.3 Å². The zero-order valence-electron chi connectivity index (χ0n) is 46.4. The number of carbonyl (C=O) groups is 8. The summed E-state index contributed by atoms with van der Waals surface area (Å²) in [6.07, 6.45) is 5.28. The highest BCUT2D eigenvalue weighted by molar-refractivity contribution is 6.07. The van der Waals surface area contributed by atoms with E-state index in [1.54, 1.807) is 6.07 Å². The molecule has 25 heteroatoms. The van der Waals surface area contributed by atoms with Gasteiger partial charge in [0, 0.05) is 22.7 Å². The summed E-state index contributed by atoms with van der Waals surface area (Å²) < 4.78 is 21.7. The van der Waals surface area contributed by atoms with Gasteiger partial charge in [-0.2, -0.15) is 0 Å². The largest absolute Gasteiger partial charge is 0.496 e. The van der Waals surface area contributed by atoms with Crippen molar-refractivity contribution in [2.24, 2.45) is 34.4 Å². The van der Waals surface area contributed by atoms with Crippen LogP contribution in [0.1, 0.15) is 118 Å². The van der Waals surface area contributed by atoms with Crippen LogP contribution in [0.25, 0.3) is 0 Å². The third-order valence-corrected chi connectivity index (χ3v) is 12.9. The van der Waals surface area contributed by atoms with E-state index in [9.17, 15) is 38.4 Å². The van der Waals surface area contributed by atoms with Gasteiger partial charge in [-0.1, -0.05) is 6.42 Å². The van der Waals surface area contributed by atoms with Gasteiger partial charge in [-0.15, -0.1) is 0 Å². The second-order valence-corrected chi connectivity index (χ2v) is 18.8. The molecule has 4 aromatic carbocycles. The van der Waals surface area contributed by atoms with E-state index < -0.39 is 71.4 Å². The lowest BCUT2D eigenvalue weighted by Crippen LogP contribution is -2.44. The van der Waals surface area contributed by atoms with E-state index in [4.69, 9.17) is 53.3 Å². The van der Waals surface area contributed by atoms with Crippen molar-refractivity contribution in [3.05, 3.63) is 95.1 Å². The number of hydrogen-bond acceptors (Lipinski definition) is 17. The summed E-state index contributed by atoms with van der Waals surface area (Å²) in [6.45, 7) is 1.46. The first-order valence-corrected chi connectivity index (χ1v) is 26.7. The Kier molecular flexibility index (Phi) is 27.3. The van der Waals surface area contributed by atoms with Crippen LogP contribution in [0.15, 0.2) is 72.8 Å². The van der Waals surface area contributed by atoms with Crippen LogP contribution in [0.3, 0.4) is 0 Å². The molecule has 8 amide bonds. The molecule has 4 aromatic rings. The average Bonchev–Trinajstić information content (AvgIpc) is 3.48. The molecule has 440 valence electrons. The molecule has 0 unspecified atom stereocenters. The molecule has 0 aliphatic carbocycles. The van der Waals surface area contributed by atoms with Crippen LogP contribution >= 0.6 is 0 Å². The highest BCUT2D eigenvalue weighted by atomic mass is 16.5. The van der Waals surface area contributed by atoms with Gasteiger partial charge in [-0.25, -0.2) is 0 Å². The number of unbranched alkanes of at least 4 members (excludes halogenated alkanes) is 4. The summed E-state index contributed by atoms with van der Waals surface area (Å²) in [5, 5.41) is 19.3.